The summed E-state index contributed by atoms with van der Waals surface area (Å²) >= 11 is 3.08. The molecule has 0 aliphatic carbocycles. The molecule has 1 heterocycles. The molecule has 0 aliphatic rings. The van der Waals surface area contributed by atoms with Crippen molar-refractivity contribution in [2.75, 3.05) is 11.8 Å². The van der Waals surface area contributed by atoms with Crippen molar-refractivity contribution in [1.82, 2.24) is 4.98 Å². The van der Waals surface area contributed by atoms with E-state index in [4.69, 9.17) is 4.74 Å². The molecular formula is C13H10BrF3N2O3S. The van der Waals surface area contributed by atoms with E-state index in [-0.39, 0.29) is 16.5 Å². The molecule has 23 heavy (non-hydrogen) atoms. The third-order valence-electron chi connectivity index (χ3n) is 2.71. The van der Waals surface area contributed by atoms with Crippen LogP contribution >= 0.6 is 15.9 Å². The summed E-state index contributed by atoms with van der Waals surface area (Å²) in [6, 6.07) is 5.11. The molecule has 124 valence electrons. The van der Waals surface area contributed by atoms with Crippen molar-refractivity contribution in [2.45, 2.75) is 11.1 Å². The minimum atomic E-state index is -4.57. The van der Waals surface area contributed by atoms with Crippen LogP contribution < -0.4 is 9.46 Å². The highest BCUT2D eigenvalue weighted by molar-refractivity contribution is 9.10. The highest BCUT2D eigenvalue weighted by atomic mass is 79.9. The number of alkyl halides is 3. The number of nitrogens with one attached hydrogen (secondary N) is 1. The van der Waals surface area contributed by atoms with Crippen LogP contribution in [0.5, 0.6) is 5.88 Å². The maximum absolute atomic E-state index is 12.7. The summed E-state index contributed by atoms with van der Waals surface area (Å²) in [5, 5.41) is 0. The number of rotatable bonds is 4. The third kappa shape index (κ3) is 4.14. The summed E-state index contributed by atoms with van der Waals surface area (Å²) in [5.41, 5.74) is -1.18. The molecule has 1 aromatic carbocycles. The van der Waals surface area contributed by atoms with E-state index in [1.54, 1.807) is 0 Å². The molecule has 5 nitrogen and oxygen atoms in total. The van der Waals surface area contributed by atoms with Gasteiger partial charge in [-0.05, 0) is 40.2 Å². The fourth-order valence-corrected chi connectivity index (χ4v) is 3.40. The van der Waals surface area contributed by atoms with Crippen molar-refractivity contribution < 1.29 is 26.3 Å². The average Bonchev–Trinajstić information content (AvgIpc) is 2.46. The van der Waals surface area contributed by atoms with Crippen molar-refractivity contribution >= 4 is 31.6 Å². The van der Waals surface area contributed by atoms with Gasteiger partial charge in [0.15, 0.2) is 4.90 Å². The highest BCUT2D eigenvalue weighted by Crippen LogP contribution is 2.32. The van der Waals surface area contributed by atoms with E-state index in [0.29, 0.717) is 10.5 Å². The quantitative estimate of drug-likeness (QED) is 0.834. The van der Waals surface area contributed by atoms with E-state index in [2.05, 4.69) is 25.6 Å². The van der Waals surface area contributed by atoms with Gasteiger partial charge in [-0.1, -0.05) is 6.07 Å². The number of nitrogens with zero attached hydrogens (tertiary/aromatic N) is 1. The Morgan fingerprint density at radius 2 is 1.96 bits per heavy atom. The molecule has 0 unspecified atom stereocenters. The zero-order chi connectivity index (χ0) is 17.3. The molecule has 0 bridgehead atoms. The Labute approximate surface area is 138 Å². The van der Waals surface area contributed by atoms with Crippen LogP contribution in [-0.4, -0.2) is 20.5 Å². The first kappa shape index (κ1) is 17.5. The Balaban J connectivity index is 2.42. The molecule has 0 saturated carbocycles. The number of anilines is 1. The van der Waals surface area contributed by atoms with Gasteiger partial charge in [0.1, 0.15) is 0 Å². The molecule has 2 rings (SSSR count). The van der Waals surface area contributed by atoms with Crippen LogP contribution in [0.25, 0.3) is 0 Å². The Bertz CT molecular complexity index is 825. The molecular weight excluding hydrogens is 401 g/mol. The van der Waals surface area contributed by atoms with Gasteiger partial charge in [-0.2, -0.15) is 13.2 Å². The lowest BCUT2D eigenvalue weighted by atomic mass is 10.2. The summed E-state index contributed by atoms with van der Waals surface area (Å²) < 4.78 is 70.1. The van der Waals surface area contributed by atoms with Crippen molar-refractivity contribution in [3.05, 3.63) is 46.6 Å². The summed E-state index contributed by atoms with van der Waals surface area (Å²) in [7, 11) is -2.94. The standard InChI is InChI=1S/C13H10BrF3N2O3S/c1-22-12-11(6-9(14)7-18-12)23(20,21)19-10-4-2-3-8(5-10)13(15,16)17/h2-7,19H,1H3. The second kappa shape index (κ2) is 6.36. The fourth-order valence-electron chi connectivity index (χ4n) is 1.72. The lowest BCUT2D eigenvalue weighted by Crippen LogP contribution is -2.15. The van der Waals surface area contributed by atoms with E-state index in [1.165, 1.54) is 25.4 Å². The van der Waals surface area contributed by atoms with Crippen LogP contribution in [0.15, 0.2) is 45.9 Å². The van der Waals surface area contributed by atoms with Crippen molar-refractivity contribution in [2.24, 2.45) is 0 Å². The maximum atomic E-state index is 12.7. The first-order valence-corrected chi connectivity index (χ1v) is 8.31. The lowest BCUT2D eigenvalue weighted by Gasteiger charge is -2.13. The minimum Gasteiger partial charge on any atom is -0.480 e. The number of benzene rings is 1. The van der Waals surface area contributed by atoms with Crippen molar-refractivity contribution in [3.8, 4) is 5.88 Å². The Kier molecular flexibility index (Phi) is 4.85. The van der Waals surface area contributed by atoms with Gasteiger partial charge >= 0.3 is 6.18 Å². The Morgan fingerprint density at radius 1 is 1.26 bits per heavy atom. The number of ether oxygens (including phenoxy) is 1. The Morgan fingerprint density at radius 3 is 2.57 bits per heavy atom. The second-order valence-corrected chi connectivity index (χ2v) is 6.91. The summed E-state index contributed by atoms with van der Waals surface area (Å²) in [6.07, 6.45) is -3.24. The molecule has 1 N–H and O–H groups in total. The summed E-state index contributed by atoms with van der Waals surface area (Å²) in [6.45, 7) is 0. The zero-order valence-corrected chi connectivity index (χ0v) is 14.0. The number of pyridine rings is 1. The molecule has 2 aromatic rings. The van der Waals surface area contributed by atoms with Gasteiger partial charge < -0.3 is 4.74 Å². The smallest absolute Gasteiger partial charge is 0.416 e. The monoisotopic (exact) mass is 410 g/mol. The first-order chi connectivity index (χ1) is 10.6. The largest absolute Gasteiger partial charge is 0.480 e. The van der Waals surface area contributed by atoms with E-state index in [9.17, 15) is 21.6 Å². The summed E-state index contributed by atoms with van der Waals surface area (Å²) in [4.78, 5) is 3.49. The first-order valence-electron chi connectivity index (χ1n) is 6.03. The Hall–Kier alpha value is -1.81. The predicted molar refractivity (Wildman–Crippen MR) is 80.7 cm³/mol. The van der Waals surface area contributed by atoms with Crippen LogP contribution in [0.1, 0.15) is 5.56 Å². The molecule has 0 saturated heterocycles. The molecule has 0 radical (unpaired) electrons. The minimum absolute atomic E-state index is 0.173. The molecule has 0 aliphatic heterocycles. The molecule has 10 heteroatoms. The normalized spacial score (nSPS) is 12.0. The van der Waals surface area contributed by atoms with Gasteiger partial charge in [0.25, 0.3) is 10.0 Å². The number of hydrogen-bond acceptors (Lipinski definition) is 4. The number of sulfonamides is 1. The number of methoxy groups -OCH3 is 1. The van der Waals surface area contributed by atoms with E-state index >= 15 is 0 Å². The summed E-state index contributed by atoms with van der Waals surface area (Å²) in [5.74, 6) is -0.173. The predicted octanol–water partition coefficient (Wildman–Crippen LogP) is 3.67. The van der Waals surface area contributed by atoms with E-state index < -0.39 is 21.8 Å². The lowest BCUT2D eigenvalue weighted by molar-refractivity contribution is -0.137. The SMILES string of the molecule is COc1ncc(Br)cc1S(=O)(=O)Nc1cccc(C(F)(F)F)c1. The van der Waals surface area contributed by atoms with Gasteiger partial charge in [0.2, 0.25) is 5.88 Å². The number of hydrogen-bond donors (Lipinski definition) is 1. The highest BCUT2D eigenvalue weighted by Gasteiger charge is 2.31. The zero-order valence-electron chi connectivity index (χ0n) is 11.6. The van der Waals surface area contributed by atoms with Crippen molar-refractivity contribution in [3.63, 3.8) is 0 Å². The molecule has 0 amide bonds. The van der Waals surface area contributed by atoms with Crippen LogP contribution in [0.4, 0.5) is 18.9 Å². The van der Waals surface area contributed by atoms with Gasteiger partial charge in [-0.3, -0.25) is 4.72 Å². The fraction of sp³-hybridized carbons (Fsp3) is 0.154. The second-order valence-electron chi connectivity index (χ2n) is 4.35. The van der Waals surface area contributed by atoms with Gasteiger partial charge in [-0.15, -0.1) is 0 Å². The van der Waals surface area contributed by atoms with Crippen LogP contribution in [0, 0.1) is 0 Å². The van der Waals surface area contributed by atoms with Gasteiger partial charge in [-0.25, -0.2) is 13.4 Å². The average molecular weight is 411 g/mol. The number of halogens is 4. The number of aromatic nitrogens is 1. The molecule has 0 spiro atoms. The molecule has 1 aromatic heterocycles. The van der Waals surface area contributed by atoms with Crippen molar-refractivity contribution in [1.29, 1.82) is 0 Å². The van der Waals surface area contributed by atoms with Crippen LogP contribution in [0.2, 0.25) is 0 Å². The molecule has 0 atom stereocenters. The van der Waals surface area contributed by atoms with Gasteiger partial charge in [0.05, 0.1) is 12.7 Å². The maximum Gasteiger partial charge on any atom is 0.416 e. The van der Waals surface area contributed by atoms with E-state index in [1.807, 2.05) is 0 Å². The van der Waals surface area contributed by atoms with Crippen LogP contribution in [-0.2, 0) is 16.2 Å². The third-order valence-corrected chi connectivity index (χ3v) is 4.52. The van der Waals surface area contributed by atoms with E-state index in [0.717, 1.165) is 12.1 Å². The topological polar surface area (TPSA) is 68.3 Å². The molecule has 0 fully saturated rings. The van der Waals surface area contributed by atoms with Crippen LogP contribution in [0.3, 0.4) is 0 Å². The van der Waals surface area contributed by atoms with Gasteiger partial charge in [0, 0.05) is 16.4 Å².